The van der Waals surface area contributed by atoms with E-state index < -0.39 is 0 Å². The second-order valence-electron chi connectivity index (χ2n) is 5.42. The van der Waals surface area contributed by atoms with Crippen LogP contribution in [0.5, 0.6) is 0 Å². The maximum Gasteiger partial charge on any atom is 0.251 e. The number of benzene rings is 1. The molecule has 1 heterocycles. The Morgan fingerprint density at radius 1 is 1.13 bits per heavy atom. The Balaban J connectivity index is 1.77. The quantitative estimate of drug-likeness (QED) is 0.731. The second-order valence-corrected chi connectivity index (χ2v) is 5.42. The van der Waals surface area contributed by atoms with Crippen molar-refractivity contribution < 1.29 is 14.0 Å². The highest BCUT2D eigenvalue weighted by Gasteiger charge is 2.07. The predicted octanol–water partition coefficient (Wildman–Crippen LogP) is 2.15. The zero-order valence-electron chi connectivity index (χ0n) is 13.3. The third kappa shape index (κ3) is 5.50. The van der Waals surface area contributed by atoms with E-state index in [4.69, 9.17) is 4.42 Å². The molecule has 0 bridgehead atoms. The summed E-state index contributed by atoms with van der Waals surface area (Å²) in [5.74, 6) is 0.463. The van der Waals surface area contributed by atoms with Gasteiger partial charge in [0.05, 0.1) is 19.4 Å². The molecular formula is C17H21N3O3. The van der Waals surface area contributed by atoms with Crippen molar-refractivity contribution >= 4 is 17.5 Å². The van der Waals surface area contributed by atoms with Gasteiger partial charge in [0.2, 0.25) is 5.91 Å². The monoisotopic (exact) mass is 315 g/mol. The first-order valence-electron chi connectivity index (χ1n) is 7.48. The number of hydrogen-bond acceptors (Lipinski definition) is 4. The molecule has 2 rings (SSSR count). The number of rotatable bonds is 7. The molecule has 0 unspecified atom stereocenters. The minimum atomic E-state index is -0.136. The molecule has 3 N–H and O–H groups in total. The van der Waals surface area contributed by atoms with Crippen LogP contribution < -0.4 is 16.0 Å². The molecule has 1 aromatic heterocycles. The molecule has 6 heteroatoms. The average molecular weight is 315 g/mol. The summed E-state index contributed by atoms with van der Waals surface area (Å²) in [6.07, 6.45) is 1.57. The van der Waals surface area contributed by atoms with Crippen molar-refractivity contribution in [3.8, 4) is 0 Å². The molecule has 0 spiro atoms. The van der Waals surface area contributed by atoms with Gasteiger partial charge < -0.3 is 20.4 Å². The van der Waals surface area contributed by atoms with Crippen molar-refractivity contribution in [1.29, 1.82) is 0 Å². The van der Waals surface area contributed by atoms with E-state index in [1.165, 1.54) is 0 Å². The van der Waals surface area contributed by atoms with Crippen LogP contribution in [0.1, 0.15) is 30.0 Å². The van der Waals surface area contributed by atoms with Crippen LogP contribution in [-0.4, -0.2) is 24.4 Å². The molecule has 0 aliphatic rings. The summed E-state index contributed by atoms with van der Waals surface area (Å²) in [6.45, 7) is 4.34. The van der Waals surface area contributed by atoms with Gasteiger partial charge in [-0.3, -0.25) is 9.59 Å². The molecule has 0 atom stereocenters. The fourth-order valence-electron chi connectivity index (χ4n) is 1.93. The Labute approximate surface area is 135 Å². The van der Waals surface area contributed by atoms with E-state index in [1.807, 2.05) is 13.8 Å². The van der Waals surface area contributed by atoms with E-state index >= 15 is 0 Å². The molecule has 0 fully saturated rings. The molecule has 0 saturated carbocycles. The van der Waals surface area contributed by atoms with Gasteiger partial charge in [-0.25, -0.2) is 0 Å². The maximum atomic E-state index is 11.8. The highest BCUT2D eigenvalue weighted by Crippen LogP contribution is 2.09. The third-order valence-corrected chi connectivity index (χ3v) is 3.06. The van der Waals surface area contributed by atoms with Crippen LogP contribution in [0.2, 0.25) is 0 Å². The lowest BCUT2D eigenvalue weighted by atomic mass is 10.2. The van der Waals surface area contributed by atoms with E-state index in [0.717, 1.165) is 5.69 Å². The zero-order chi connectivity index (χ0) is 16.7. The standard InChI is InChI=1S/C17H21N3O3/c1-12(2)20-17(22)13-5-7-14(8-6-13)18-11-16(21)19-10-15-4-3-9-23-15/h3-9,12,18H,10-11H2,1-2H3,(H,19,21)(H,20,22). The Kier molecular flexibility index (Phi) is 5.80. The van der Waals surface area contributed by atoms with Crippen molar-refractivity contribution in [2.24, 2.45) is 0 Å². The van der Waals surface area contributed by atoms with Gasteiger partial charge in [-0.05, 0) is 50.2 Å². The first-order valence-corrected chi connectivity index (χ1v) is 7.48. The molecule has 0 saturated heterocycles. The van der Waals surface area contributed by atoms with Crippen LogP contribution in [0.15, 0.2) is 47.1 Å². The third-order valence-electron chi connectivity index (χ3n) is 3.06. The van der Waals surface area contributed by atoms with E-state index in [1.54, 1.807) is 42.7 Å². The summed E-state index contributed by atoms with van der Waals surface area (Å²) >= 11 is 0. The molecule has 0 aliphatic heterocycles. The normalized spacial score (nSPS) is 10.4. The van der Waals surface area contributed by atoms with Crippen molar-refractivity contribution in [3.63, 3.8) is 0 Å². The smallest absolute Gasteiger partial charge is 0.251 e. The van der Waals surface area contributed by atoms with Crippen molar-refractivity contribution in [1.82, 2.24) is 10.6 Å². The number of anilines is 1. The molecule has 1 aromatic carbocycles. The minimum Gasteiger partial charge on any atom is -0.467 e. The first kappa shape index (κ1) is 16.6. The van der Waals surface area contributed by atoms with Crippen LogP contribution in [-0.2, 0) is 11.3 Å². The van der Waals surface area contributed by atoms with Gasteiger partial charge in [0, 0.05) is 17.3 Å². The number of nitrogens with one attached hydrogen (secondary N) is 3. The summed E-state index contributed by atoms with van der Waals surface area (Å²) in [4.78, 5) is 23.6. The maximum absolute atomic E-state index is 11.8. The summed E-state index contributed by atoms with van der Waals surface area (Å²) in [5.41, 5.74) is 1.37. The van der Waals surface area contributed by atoms with Gasteiger partial charge >= 0.3 is 0 Å². The van der Waals surface area contributed by atoms with Crippen molar-refractivity contribution in [2.45, 2.75) is 26.4 Å². The number of carbonyl (C=O) groups excluding carboxylic acids is 2. The number of furan rings is 1. The fraction of sp³-hybridized carbons (Fsp3) is 0.294. The molecular weight excluding hydrogens is 294 g/mol. The Morgan fingerprint density at radius 3 is 2.48 bits per heavy atom. The highest BCUT2D eigenvalue weighted by atomic mass is 16.3. The summed E-state index contributed by atoms with van der Waals surface area (Å²) in [5, 5.41) is 8.58. The number of amides is 2. The SMILES string of the molecule is CC(C)NC(=O)c1ccc(NCC(=O)NCc2ccco2)cc1. The van der Waals surface area contributed by atoms with E-state index in [0.29, 0.717) is 17.9 Å². The topological polar surface area (TPSA) is 83.4 Å². The van der Waals surface area contributed by atoms with Gasteiger partial charge in [-0.15, -0.1) is 0 Å². The fourth-order valence-corrected chi connectivity index (χ4v) is 1.93. The van der Waals surface area contributed by atoms with Crippen molar-refractivity contribution in [3.05, 3.63) is 54.0 Å². The molecule has 122 valence electrons. The van der Waals surface area contributed by atoms with E-state index in [-0.39, 0.29) is 24.4 Å². The van der Waals surface area contributed by atoms with Gasteiger partial charge in [0.25, 0.3) is 5.91 Å². The molecule has 0 aliphatic carbocycles. The molecule has 6 nitrogen and oxygen atoms in total. The largest absolute Gasteiger partial charge is 0.467 e. The summed E-state index contributed by atoms with van der Waals surface area (Å²) < 4.78 is 5.14. The van der Waals surface area contributed by atoms with Gasteiger partial charge in [0.1, 0.15) is 5.76 Å². The predicted molar refractivity (Wildman–Crippen MR) is 88.1 cm³/mol. The van der Waals surface area contributed by atoms with Crippen LogP contribution in [0.25, 0.3) is 0 Å². The van der Waals surface area contributed by atoms with Gasteiger partial charge in [0.15, 0.2) is 0 Å². The van der Waals surface area contributed by atoms with Crippen LogP contribution >= 0.6 is 0 Å². The average Bonchev–Trinajstić information content (AvgIpc) is 3.04. The van der Waals surface area contributed by atoms with Crippen molar-refractivity contribution in [2.75, 3.05) is 11.9 Å². The number of hydrogen-bond donors (Lipinski definition) is 3. The summed E-state index contributed by atoms with van der Waals surface area (Å²) in [6, 6.07) is 10.7. The number of carbonyl (C=O) groups is 2. The van der Waals surface area contributed by atoms with E-state index in [2.05, 4.69) is 16.0 Å². The minimum absolute atomic E-state index is 0.0955. The highest BCUT2D eigenvalue weighted by molar-refractivity contribution is 5.94. The van der Waals surface area contributed by atoms with Crippen LogP contribution in [0, 0.1) is 0 Å². The lowest BCUT2D eigenvalue weighted by Crippen LogP contribution is -2.30. The Morgan fingerprint density at radius 2 is 1.87 bits per heavy atom. The van der Waals surface area contributed by atoms with Gasteiger partial charge in [-0.2, -0.15) is 0 Å². The molecule has 2 amide bonds. The molecule has 2 aromatic rings. The lowest BCUT2D eigenvalue weighted by molar-refractivity contribution is -0.119. The lowest BCUT2D eigenvalue weighted by Gasteiger charge is -2.10. The van der Waals surface area contributed by atoms with Gasteiger partial charge in [-0.1, -0.05) is 0 Å². The van der Waals surface area contributed by atoms with E-state index in [9.17, 15) is 9.59 Å². The zero-order valence-corrected chi connectivity index (χ0v) is 13.3. The Bertz CT molecular complexity index is 634. The molecule has 23 heavy (non-hydrogen) atoms. The molecule has 0 radical (unpaired) electrons. The van der Waals surface area contributed by atoms with Crippen LogP contribution in [0.3, 0.4) is 0 Å². The van der Waals surface area contributed by atoms with Crippen LogP contribution in [0.4, 0.5) is 5.69 Å². The second kappa shape index (κ2) is 8.03. The Hall–Kier alpha value is -2.76. The first-order chi connectivity index (χ1) is 11.0. The summed E-state index contributed by atoms with van der Waals surface area (Å²) in [7, 11) is 0.